The molecule has 140 valence electrons. The average Bonchev–Trinajstić information content (AvgIpc) is 2.58. The zero-order valence-electron chi connectivity index (χ0n) is 13.6. The van der Waals surface area contributed by atoms with Crippen LogP contribution < -0.4 is 5.32 Å². The van der Waals surface area contributed by atoms with Crippen LogP contribution in [-0.4, -0.2) is 32.2 Å². The van der Waals surface area contributed by atoms with Crippen molar-refractivity contribution in [1.82, 2.24) is 5.32 Å². The highest BCUT2D eigenvalue weighted by molar-refractivity contribution is 7.90. The summed E-state index contributed by atoms with van der Waals surface area (Å²) in [6, 6.07) is 9.74. The molecule has 0 saturated carbocycles. The number of benzene rings is 2. The Morgan fingerprint density at radius 3 is 2.42 bits per heavy atom. The normalized spacial score (nSPS) is 13.3. The molecule has 5 nitrogen and oxygen atoms in total. The molecule has 1 atom stereocenters. The Labute approximate surface area is 148 Å². The van der Waals surface area contributed by atoms with Crippen molar-refractivity contribution in [3.05, 3.63) is 65.2 Å². The molecule has 2 N–H and O–H groups in total. The van der Waals surface area contributed by atoms with Crippen LogP contribution in [0.5, 0.6) is 0 Å². The Kier molecular flexibility index (Phi) is 5.72. The van der Waals surface area contributed by atoms with E-state index in [9.17, 15) is 31.5 Å². The zero-order chi connectivity index (χ0) is 19.5. The number of rotatable bonds is 5. The van der Waals surface area contributed by atoms with Gasteiger partial charge >= 0.3 is 6.18 Å². The first-order valence-corrected chi connectivity index (χ1v) is 9.32. The van der Waals surface area contributed by atoms with Crippen LogP contribution in [0, 0.1) is 0 Å². The fraction of sp³-hybridized carbons (Fsp3) is 0.235. The quantitative estimate of drug-likeness (QED) is 0.826. The minimum absolute atomic E-state index is 0.0178. The molecule has 0 aliphatic rings. The van der Waals surface area contributed by atoms with Gasteiger partial charge in [0, 0.05) is 18.4 Å². The highest BCUT2D eigenvalue weighted by Gasteiger charge is 2.34. The Morgan fingerprint density at radius 1 is 1.15 bits per heavy atom. The molecule has 0 aliphatic carbocycles. The number of alkyl halides is 3. The fourth-order valence-electron chi connectivity index (χ4n) is 2.32. The van der Waals surface area contributed by atoms with Gasteiger partial charge in [0.15, 0.2) is 9.84 Å². The lowest BCUT2D eigenvalue weighted by Gasteiger charge is -2.18. The zero-order valence-corrected chi connectivity index (χ0v) is 14.4. The summed E-state index contributed by atoms with van der Waals surface area (Å²) in [5.41, 5.74) is -1.32. The summed E-state index contributed by atoms with van der Waals surface area (Å²) in [6.07, 6.45) is -5.22. The maximum atomic E-state index is 13.0. The van der Waals surface area contributed by atoms with E-state index in [-0.39, 0.29) is 16.0 Å². The molecule has 0 heterocycles. The number of carbonyl (C=O) groups excluding carboxylic acids is 1. The van der Waals surface area contributed by atoms with E-state index >= 15 is 0 Å². The molecule has 2 rings (SSSR count). The molecule has 0 aromatic heterocycles. The summed E-state index contributed by atoms with van der Waals surface area (Å²) in [4.78, 5) is 12.0. The van der Waals surface area contributed by atoms with Crippen LogP contribution in [0.15, 0.2) is 53.4 Å². The molecular formula is C17H16F3NO4S. The van der Waals surface area contributed by atoms with E-state index in [4.69, 9.17) is 0 Å². The van der Waals surface area contributed by atoms with Gasteiger partial charge < -0.3 is 10.4 Å². The second-order valence-electron chi connectivity index (χ2n) is 5.61. The number of amides is 1. The lowest BCUT2D eigenvalue weighted by molar-refractivity contribution is -0.139. The Bertz CT molecular complexity index is 910. The van der Waals surface area contributed by atoms with Gasteiger partial charge in [-0.3, -0.25) is 4.79 Å². The predicted octanol–water partition coefficient (Wildman–Crippen LogP) is 2.57. The van der Waals surface area contributed by atoms with E-state index in [1.165, 1.54) is 30.3 Å². The Balaban J connectivity index is 2.14. The van der Waals surface area contributed by atoms with Crippen molar-refractivity contribution in [2.24, 2.45) is 0 Å². The number of hydrogen-bond acceptors (Lipinski definition) is 4. The smallest absolute Gasteiger partial charge is 0.387 e. The number of aliphatic hydroxyl groups is 1. The summed E-state index contributed by atoms with van der Waals surface area (Å²) < 4.78 is 61.9. The van der Waals surface area contributed by atoms with Gasteiger partial charge in [0.2, 0.25) is 0 Å². The van der Waals surface area contributed by atoms with Crippen molar-refractivity contribution < 1.29 is 31.5 Å². The summed E-state index contributed by atoms with van der Waals surface area (Å²) in [6.45, 7) is -0.463. The molecule has 0 fully saturated rings. The van der Waals surface area contributed by atoms with Crippen LogP contribution in [0.4, 0.5) is 13.2 Å². The van der Waals surface area contributed by atoms with Crippen molar-refractivity contribution >= 4 is 15.7 Å². The molecule has 9 heteroatoms. The monoisotopic (exact) mass is 387 g/mol. The van der Waals surface area contributed by atoms with Gasteiger partial charge in [-0.25, -0.2) is 8.42 Å². The van der Waals surface area contributed by atoms with Crippen LogP contribution in [0.1, 0.15) is 27.6 Å². The van der Waals surface area contributed by atoms with Crippen LogP contribution in [-0.2, 0) is 16.0 Å². The highest BCUT2D eigenvalue weighted by Crippen LogP contribution is 2.34. The second-order valence-corrected chi connectivity index (χ2v) is 7.63. The predicted molar refractivity (Wildman–Crippen MR) is 88.3 cm³/mol. The lowest BCUT2D eigenvalue weighted by atomic mass is 10.0. The molecule has 2 aromatic rings. The average molecular weight is 387 g/mol. The molecule has 0 bridgehead atoms. The van der Waals surface area contributed by atoms with Gasteiger partial charge in [0.1, 0.15) is 0 Å². The van der Waals surface area contributed by atoms with E-state index in [0.717, 1.165) is 24.5 Å². The Hall–Kier alpha value is -2.39. The van der Waals surface area contributed by atoms with Crippen molar-refractivity contribution in [3.8, 4) is 0 Å². The van der Waals surface area contributed by atoms with Crippen molar-refractivity contribution in [3.63, 3.8) is 0 Å². The number of nitrogens with one attached hydrogen (secondary N) is 1. The molecule has 2 aromatic carbocycles. The van der Waals surface area contributed by atoms with Crippen molar-refractivity contribution in [1.29, 1.82) is 0 Å². The van der Waals surface area contributed by atoms with Crippen molar-refractivity contribution in [2.45, 2.75) is 17.2 Å². The van der Waals surface area contributed by atoms with Gasteiger partial charge in [0.05, 0.1) is 16.6 Å². The van der Waals surface area contributed by atoms with Gasteiger partial charge in [0.25, 0.3) is 5.91 Å². The molecular weight excluding hydrogens is 371 g/mol. The van der Waals surface area contributed by atoms with E-state index < -0.39 is 40.1 Å². The molecule has 0 radical (unpaired) electrons. The fourth-order valence-corrected chi connectivity index (χ4v) is 2.98. The van der Waals surface area contributed by atoms with Crippen LogP contribution in [0.3, 0.4) is 0 Å². The molecule has 1 amide bonds. The largest absolute Gasteiger partial charge is 0.416 e. The van der Waals surface area contributed by atoms with E-state index in [1.54, 1.807) is 0 Å². The third-order valence-electron chi connectivity index (χ3n) is 3.61. The van der Waals surface area contributed by atoms with Crippen molar-refractivity contribution in [2.75, 3.05) is 12.8 Å². The second kappa shape index (κ2) is 7.46. The first-order valence-electron chi connectivity index (χ1n) is 7.42. The van der Waals surface area contributed by atoms with Gasteiger partial charge in [-0.2, -0.15) is 13.2 Å². The number of halogens is 3. The first kappa shape index (κ1) is 19.9. The number of hydrogen-bond donors (Lipinski definition) is 2. The summed E-state index contributed by atoms with van der Waals surface area (Å²) >= 11 is 0. The molecule has 0 aliphatic heterocycles. The lowest BCUT2D eigenvalue weighted by Crippen LogP contribution is -2.29. The highest BCUT2D eigenvalue weighted by atomic mass is 32.2. The molecule has 0 spiro atoms. The molecule has 26 heavy (non-hydrogen) atoms. The number of aliphatic hydroxyl groups excluding tert-OH is 1. The third-order valence-corrected chi connectivity index (χ3v) is 4.72. The summed E-state index contributed by atoms with van der Waals surface area (Å²) in [5.74, 6) is -0.709. The van der Waals surface area contributed by atoms with E-state index in [1.807, 2.05) is 0 Å². The maximum Gasteiger partial charge on any atom is 0.416 e. The third kappa shape index (κ3) is 4.83. The van der Waals surface area contributed by atoms with E-state index in [2.05, 4.69) is 5.32 Å². The minimum Gasteiger partial charge on any atom is -0.387 e. The number of carbonyl (C=O) groups is 1. The Morgan fingerprint density at radius 2 is 1.81 bits per heavy atom. The van der Waals surface area contributed by atoms with Crippen LogP contribution in [0.2, 0.25) is 0 Å². The van der Waals surface area contributed by atoms with Crippen LogP contribution in [0.25, 0.3) is 0 Å². The standard InChI is InChI=1S/C17H16F3NO4S/c1-26(24,25)12-6-4-5-11(9-12)16(23)21-10-15(22)13-7-2-3-8-14(13)17(18,19)20/h2-9,15,22H,10H2,1H3,(H,21,23)/t15-/m1/s1. The molecule has 0 saturated heterocycles. The summed E-state index contributed by atoms with van der Waals surface area (Å²) in [7, 11) is -3.51. The van der Waals surface area contributed by atoms with Gasteiger partial charge in [-0.15, -0.1) is 0 Å². The summed E-state index contributed by atoms with van der Waals surface area (Å²) in [5, 5.41) is 12.3. The topological polar surface area (TPSA) is 83.5 Å². The maximum absolute atomic E-state index is 13.0. The van der Waals surface area contributed by atoms with Crippen LogP contribution >= 0.6 is 0 Å². The van der Waals surface area contributed by atoms with Gasteiger partial charge in [-0.1, -0.05) is 24.3 Å². The van der Waals surface area contributed by atoms with E-state index in [0.29, 0.717) is 0 Å². The molecule has 0 unspecified atom stereocenters. The van der Waals surface area contributed by atoms with Gasteiger partial charge in [-0.05, 0) is 29.8 Å². The minimum atomic E-state index is -4.63. The number of sulfone groups is 1. The first-order chi connectivity index (χ1) is 12.0. The SMILES string of the molecule is CS(=O)(=O)c1cccc(C(=O)NC[C@@H](O)c2ccccc2C(F)(F)F)c1.